The van der Waals surface area contributed by atoms with E-state index in [1.54, 1.807) is 30.3 Å². The van der Waals surface area contributed by atoms with E-state index in [-0.39, 0.29) is 6.07 Å². The molecular formula is C12H6F4Se. The summed E-state index contributed by atoms with van der Waals surface area (Å²) in [6.45, 7) is 0. The van der Waals surface area contributed by atoms with Crippen LogP contribution in [-0.2, 0) is 0 Å². The van der Waals surface area contributed by atoms with Gasteiger partial charge >= 0.3 is 101 Å². The fraction of sp³-hybridized carbons (Fsp3) is 0. The first kappa shape index (κ1) is 12.1. The molecule has 5 heteroatoms. The summed E-state index contributed by atoms with van der Waals surface area (Å²) in [6.07, 6.45) is 0. The Morgan fingerprint density at radius 1 is 0.765 bits per heavy atom. The minimum absolute atomic E-state index is 0.218. The molecule has 0 atom stereocenters. The summed E-state index contributed by atoms with van der Waals surface area (Å²) in [5.41, 5.74) is 0. The third kappa shape index (κ3) is 2.51. The minimum atomic E-state index is -1.36. The molecule has 0 aliphatic carbocycles. The van der Waals surface area contributed by atoms with Gasteiger partial charge in [0.15, 0.2) is 0 Å². The van der Waals surface area contributed by atoms with Gasteiger partial charge in [-0.2, -0.15) is 0 Å². The molecule has 17 heavy (non-hydrogen) atoms. The Balaban J connectivity index is 2.46. The molecule has 2 aromatic rings. The van der Waals surface area contributed by atoms with Gasteiger partial charge in [-0.15, -0.1) is 0 Å². The predicted molar refractivity (Wildman–Crippen MR) is 57.7 cm³/mol. The molecule has 0 bridgehead atoms. The number of benzene rings is 2. The normalized spacial score (nSPS) is 10.6. The molecule has 0 nitrogen and oxygen atoms in total. The molecule has 0 aliphatic rings. The van der Waals surface area contributed by atoms with Gasteiger partial charge in [0.05, 0.1) is 0 Å². The second kappa shape index (κ2) is 4.90. The van der Waals surface area contributed by atoms with E-state index < -0.39 is 42.7 Å². The van der Waals surface area contributed by atoms with Gasteiger partial charge in [0.2, 0.25) is 0 Å². The van der Waals surface area contributed by atoms with E-state index >= 15 is 0 Å². The van der Waals surface area contributed by atoms with Gasteiger partial charge in [-0.25, -0.2) is 0 Å². The van der Waals surface area contributed by atoms with Crippen LogP contribution in [0.1, 0.15) is 0 Å². The SMILES string of the molecule is Fc1cc(F)c(F)c([Se]c2ccccc2)c1F. The fourth-order valence-electron chi connectivity index (χ4n) is 1.25. The summed E-state index contributed by atoms with van der Waals surface area (Å²) in [6, 6.07) is 8.67. The first-order chi connectivity index (χ1) is 8.09. The molecule has 0 unspecified atom stereocenters. The van der Waals surface area contributed by atoms with Crippen LogP contribution in [0.3, 0.4) is 0 Å². The average molecular weight is 305 g/mol. The van der Waals surface area contributed by atoms with Crippen LogP contribution in [0.5, 0.6) is 0 Å². The third-order valence-electron chi connectivity index (χ3n) is 2.03. The second-order valence-corrected chi connectivity index (χ2v) is 5.49. The molecule has 0 saturated heterocycles. The van der Waals surface area contributed by atoms with Crippen LogP contribution >= 0.6 is 0 Å². The maximum atomic E-state index is 13.4. The molecule has 2 aromatic carbocycles. The zero-order valence-electron chi connectivity index (χ0n) is 8.38. The Morgan fingerprint density at radius 3 is 1.82 bits per heavy atom. The Bertz CT molecular complexity index is 514. The van der Waals surface area contributed by atoms with Crippen LogP contribution in [0.4, 0.5) is 17.6 Å². The molecule has 0 aliphatic heterocycles. The van der Waals surface area contributed by atoms with E-state index in [4.69, 9.17) is 0 Å². The Morgan fingerprint density at radius 2 is 1.29 bits per heavy atom. The van der Waals surface area contributed by atoms with Crippen LogP contribution in [0.15, 0.2) is 36.4 Å². The first-order valence-electron chi connectivity index (χ1n) is 4.65. The van der Waals surface area contributed by atoms with E-state index in [9.17, 15) is 17.6 Å². The van der Waals surface area contributed by atoms with Crippen molar-refractivity contribution in [1.82, 2.24) is 0 Å². The Hall–Kier alpha value is -1.32. The van der Waals surface area contributed by atoms with Crippen molar-refractivity contribution >= 4 is 23.9 Å². The molecular weight excluding hydrogens is 299 g/mol. The van der Waals surface area contributed by atoms with Crippen molar-refractivity contribution in [3.8, 4) is 0 Å². The van der Waals surface area contributed by atoms with Crippen molar-refractivity contribution in [1.29, 1.82) is 0 Å². The van der Waals surface area contributed by atoms with Crippen molar-refractivity contribution in [3.05, 3.63) is 59.7 Å². The van der Waals surface area contributed by atoms with E-state index in [0.717, 1.165) is 0 Å². The summed E-state index contributed by atoms with van der Waals surface area (Å²) >= 11 is -0.807. The molecule has 2 rings (SSSR count). The van der Waals surface area contributed by atoms with Crippen molar-refractivity contribution in [3.63, 3.8) is 0 Å². The van der Waals surface area contributed by atoms with Crippen molar-refractivity contribution in [2.24, 2.45) is 0 Å². The van der Waals surface area contributed by atoms with Gasteiger partial charge in [0.1, 0.15) is 0 Å². The monoisotopic (exact) mass is 306 g/mol. The van der Waals surface area contributed by atoms with E-state index in [2.05, 4.69) is 0 Å². The van der Waals surface area contributed by atoms with Gasteiger partial charge < -0.3 is 0 Å². The van der Waals surface area contributed by atoms with Crippen LogP contribution < -0.4 is 8.92 Å². The number of hydrogen-bond donors (Lipinski definition) is 0. The van der Waals surface area contributed by atoms with Crippen LogP contribution in [0.2, 0.25) is 0 Å². The number of halogens is 4. The molecule has 88 valence electrons. The van der Waals surface area contributed by atoms with Crippen LogP contribution in [0, 0.1) is 23.3 Å². The van der Waals surface area contributed by atoms with Gasteiger partial charge in [-0.3, -0.25) is 0 Å². The van der Waals surface area contributed by atoms with Crippen molar-refractivity contribution in [2.45, 2.75) is 0 Å². The fourth-order valence-corrected chi connectivity index (χ4v) is 3.14. The average Bonchev–Trinajstić information content (AvgIpc) is 2.33. The van der Waals surface area contributed by atoms with Crippen molar-refractivity contribution in [2.75, 3.05) is 0 Å². The predicted octanol–water partition coefficient (Wildman–Crippen LogP) is 1.90. The molecule has 0 spiro atoms. The number of hydrogen-bond acceptors (Lipinski definition) is 0. The van der Waals surface area contributed by atoms with E-state index in [0.29, 0.717) is 4.46 Å². The Labute approximate surface area is 101 Å². The topological polar surface area (TPSA) is 0 Å². The van der Waals surface area contributed by atoms with Crippen molar-refractivity contribution < 1.29 is 17.6 Å². The van der Waals surface area contributed by atoms with Gasteiger partial charge in [0.25, 0.3) is 0 Å². The van der Waals surface area contributed by atoms with Gasteiger partial charge in [0, 0.05) is 0 Å². The van der Waals surface area contributed by atoms with E-state index in [1.165, 1.54) is 0 Å². The maximum absolute atomic E-state index is 13.4. The standard InChI is InChI=1S/C12H6F4Se/c13-8-6-9(14)11(16)12(10(8)15)17-7-4-2-1-3-5-7/h1-6H. The first-order valence-corrected chi connectivity index (χ1v) is 6.37. The summed E-state index contributed by atoms with van der Waals surface area (Å²) < 4.78 is 52.7. The van der Waals surface area contributed by atoms with E-state index in [1.807, 2.05) is 0 Å². The number of rotatable bonds is 2. The molecule has 0 saturated carbocycles. The second-order valence-electron chi connectivity index (χ2n) is 3.21. The molecule has 0 aromatic heterocycles. The molecule has 0 fully saturated rings. The summed E-state index contributed by atoms with van der Waals surface area (Å²) in [5.74, 6) is -5.35. The molecule has 0 amide bonds. The van der Waals surface area contributed by atoms with Gasteiger partial charge in [-0.05, 0) is 0 Å². The zero-order valence-corrected chi connectivity index (χ0v) is 10.1. The quantitative estimate of drug-likeness (QED) is 0.452. The molecule has 0 radical (unpaired) electrons. The van der Waals surface area contributed by atoms with Gasteiger partial charge in [-0.1, -0.05) is 0 Å². The Kier molecular flexibility index (Phi) is 3.50. The summed E-state index contributed by atoms with van der Waals surface area (Å²) in [7, 11) is 0. The molecule has 0 N–H and O–H groups in total. The summed E-state index contributed by atoms with van der Waals surface area (Å²) in [4.78, 5) is 0. The van der Waals surface area contributed by atoms with Crippen LogP contribution in [0.25, 0.3) is 0 Å². The molecule has 0 heterocycles. The van der Waals surface area contributed by atoms with Crippen LogP contribution in [-0.4, -0.2) is 15.0 Å². The zero-order chi connectivity index (χ0) is 12.4. The third-order valence-corrected chi connectivity index (χ3v) is 4.28. The summed E-state index contributed by atoms with van der Waals surface area (Å²) in [5, 5.41) is 0.